The normalized spacial score (nSPS) is 11.2. The van der Waals surface area contributed by atoms with Crippen LogP contribution in [-0.4, -0.2) is 4.57 Å². The van der Waals surface area contributed by atoms with Crippen LogP contribution >= 0.6 is 0 Å². The van der Waals surface area contributed by atoms with Crippen LogP contribution < -0.4 is 4.57 Å². The van der Waals surface area contributed by atoms with E-state index in [2.05, 4.69) is 72.6 Å². The lowest BCUT2D eigenvalue weighted by Gasteiger charge is -2.07. The second-order valence-electron chi connectivity index (χ2n) is 5.75. The number of aromatic nitrogens is 2. The predicted molar refractivity (Wildman–Crippen MR) is 83.8 cm³/mol. The molecule has 1 aromatic heterocycles. The van der Waals surface area contributed by atoms with Gasteiger partial charge < -0.3 is 0 Å². The molecule has 2 heteroatoms. The Labute approximate surface area is 123 Å². The molecule has 108 valence electrons. The van der Waals surface area contributed by atoms with E-state index in [4.69, 9.17) is 0 Å². The van der Waals surface area contributed by atoms with Crippen molar-refractivity contribution in [2.45, 2.75) is 59.0 Å². The quantitative estimate of drug-likeness (QED) is 0.674. The average Bonchev–Trinajstić information content (AvgIpc) is 2.84. The van der Waals surface area contributed by atoms with Gasteiger partial charge in [-0.25, -0.2) is 9.13 Å². The Morgan fingerprint density at radius 3 is 2.50 bits per heavy atom. The van der Waals surface area contributed by atoms with Gasteiger partial charge in [0.2, 0.25) is 0 Å². The molecule has 0 saturated heterocycles. The second-order valence-corrected chi connectivity index (χ2v) is 5.75. The first-order valence-corrected chi connectivity index (χ1v) is 7.85. The van der Waals surface area contributed by atoms with Gasteiger partial charge >= 0.3 is 0 Å². The van der Waals surface area contributed by atoms with Crippen LogP contribution in [0.1, 0.15) is 51.0 Å². The predicted octanol–water partition coefficient (Wildman–Crippen LogP) is 3.94. The molecule has 0 saturated carbocycles. The number of hydrogen-bond acceptors (Lipinski definition) is 0. The molecule has 2 nitrogen and oxygen atoms in total. The minimum absolute atomic E-state index is 0.548. The lowest BCUT2D eigenvalue weighted by Crippen LogP contribution is -2.37. The fourth-order valence-corrected chi connectivity index (χ4v) is 2.74. The van der Waals surface area contributed by atoms with E-state index in [-0.39, 0.29) is 0 Å². The highest BCUT2D eigenvalue weighted by Gasteiger charge is 2.17. The van der Waals surface area contributed by atoms with Gasteiger partial charge in [-0.15, -0.1) is 0 Å². The molecule has 1 aromatic carbocycles. The van der Waals surface area contributed by atoms with E-state index in [0.717, 1.165) is 19.4 Å². The van der Waals surface area contributed by atoms with Crippen molar-refractivity contribution in [2.24, 2.45) is 0 Å². The summed E-state index contributed by atoms with van der Waals surface area (Å²) in [6, 6.07) is 11.3. The van der Waals surface area contributed by atoms with Gasteiger partial charge in [0.25, 0.3) is 5.82 Å². The fourth-order valence-electron chi connectivity index (χ4n) is 2.74. The second kappa shape index (κ2) is 7.28. The maximum absolute atomic E-state index is 2.44. The Bertz CT molecular complexity index is 511. The van der Waals surface area contributed by atoms with Gasteiger partial charge in [-0.05, 0) is 38.7 Å². The third kappa shape index (κ3) is 3.72. The summed E-state index contributed by atoms with van der Waals surface area (Å²) in [5.74, 6) is 1.47. The first-order chi connectivity index (χ1) is 9.72. The first kappa shape index (κ1) is 14.8. The third-order valence-electron chi connectivity index (χ3n) is 3.77. The van der Waals surface area contributed by atoms with Gasteiger partial charge in [-0.3, -0.25) is 0 Å². The molecule has 0 aliphatic heterocycles. The lowest BCUT2D eigenvalue weighted by atomic mass is 10.1. The Morgan fingerprint density at radius 2 is 1.85 bits per heavy atom. The lowest BCUT2D eigenvalue weighted by molar-refractivity contribution is -0.704. The molecular formula is C18H27N2+. The fraction of sp³-hybridized carbons (Fsp3) is 0.500. The molecule has 0 atom stereocenters. The number of aryl methyl sites for hydroxylation is 2. The zero-order chi connectivity index (χ0) is 14.4. The molecule has 2 aromatic rings. The maximum atomic E-state index is 2.44. The summed E-state index contributed by atoms with van der Waals surface area (Å²) in [6.45, 7) is 7.89. The van der Waals surface area contributed by atoms with E-state index in [1.807, 2.05) is 0 Å². The van der Waals surface area contributed by atoms with Gasteiger partial charge in [-0.2, -0.15) is 0 Å². The molecule has 0 N–H and O–H groups in total. The van der Waals surface area contributed by atoms with Crippen molar-refractivity contribution in [1.82, 2.24) is 4.57 Å². The van der Waals surface area contributed by atoms with Gasteiger partial charge in [-0.1, -0.05) is 37.3 Å². The summed E-state index contributed by atoms with van der Waals surface area (Å²) in [5, 5.41) is 0. The average molecular weight is 271 g/mol. The number of benzene rings is 1. The summed E-state index contributed by atoms with van der Waals surface area (Å²) < 4.78 is 4.85. The van der Waals surface area contributed by atoms with Crippen molar-refractivity contribution in [1.29, 1.82) is 0 Å². The van der Waals surface area contributed by atoms with Crippen LogP contribution in [-0.2, 0) is 19.4 Å². The van der Waals surface area contributed by atoms with Crippen molar-refractivity contribution < 1.29 is 4.57 Å². The van der Waals surface area contributed by atoms with Gasteiger partial charge in [0.15, 0.2) is 0 Å². The smallest absolute Gasteiger partial charge is 0.234 e. The van der Waals surface area contributed by atoms with Crippen LogP contribution in [0.25, 0.3) is 0 Å². The Hall–Kier alpha value is -1.57. The van der Waals surface area contributed by atoms with Crippen molar-refractivity contribution in [3.63, 3.8) is 0 Å². The highest BCUT2D eigenvalue weighted by atomic mass is 15.2. The molecule has 0 fully saturated rings. The van der Waals surface area contributed by atoms with Gasteiger partial charge in [0.1, 0.15) is 12.4 Å². The highest BCUT2D eigenvalue weighted by Crippen LogP contribution is 2.09. The minimum atomic E-state index is 0.548. The number of nitrogens with zero attached hydrogens (tertiary/aromatic N) is 2. The highest BCUT2D eigenvalue weighted by molar-refractivity contribution is 5.14. The molecule has 20 heavy (non-hydrogen) atoms. The third-order valence-corrected chi connectivity index (χ3v) is 3.77. The molecule has 0 amide bonds. The Balaban J connectivity index is 1.98. The molecule has 0 radical (unpaired) electrons. The summed E-state index contributed by atoms with van der Waals surface area (Å²) in [5.41, 5.74) is 1.44. The molecule has 0 bridgehead atoms. The largest absolute Gasteiger partial charge is 0.256 e. The van der Waals surface area contributed by atoms with Crippen molar-refractivity contribution in [3.05, 3.63) is 54.1 Å². The molecule has 0 aliphatic carbocycles. The van der Waals surface area contributed by atoms with E-state index in [1.165, 1.54) is 24.2 Å². The molecule has 0 unspecified atom stereocenters. The SMILES string of the molecule is CCCc1n(C(C)C)cc[n+]1CCCc1ccccc1. The van der Waals surface area contributed by atoms with Crippen LogP contribution in [0.4, 0.5) is 0 Å². The van der Waals surface area contributed by atoms with Crippen molar-refractivity contribution in [2.75, 3.05) is 0 Å². The van der Waals surface area contributed by atoms with Gasteiger partial charge in [0.05, 0.1) is 12.6 Å². The zero-order valence-electron chi connectivity index (χ0n) is 13.0. The first-order valence-electron chi connectivity index (χ1n) is 7.85. The number of hydrogen-bond donors (Lipinski definition) is 0. The molecular weight excluding hydrogens is 244 g/mol. The van der Waals surface area contributed by atoms with Gasteiger partial charge in [0, 0.05) is 6.42 Å². The topological polar surface area (TPSA) is 8.81 Å². The van der Waals surface area contributed by atoms with Crippen LogP contribution in [0.15, 0.2) is 42.7 Å². The monoisotopic (exact) mass is 271 g/mol. The maximum Gasteiger partial charge on any atom is 0.256 e. The van der Waals surface area contributed by atoms with Crippen LogP contribution in [0, 0.1) is 0 Å². The van der Waals surface area contributed by atoms with Crippen LogP contribution in [0.3, 0.4) is 0 Å². The van der Waals surface area contributed by atoms with Crippen molar-refractivity contribution >= 4 is 0 Å². The molecule has 1 heterocycles. The van der Waals surface area contributed by atoms with Crippen LogP contribution in [0.5, 0.6) is 0 Å². The summed E-state index contributed by atoms with van der Waals surface area (Å²) >= 11 is 0. The molecule has 2 rings (SSSR count). The van der Waals surface area contributed by atoms with E-state index in [1.54, 1.807) is 0 Å². The van der Waals surface area contributed by atoms with E-state index >= 15 is 0 Å². The molecule has 0 spiro atoms. The standard InChI is InChI=1S/C18H27N2/c1-4-9-18-19(14-15-20(18)16(2)3)13-8-12-17-10-6-5-7-11-17/h5-7,10-11,14-16H,4,8-9,12-13H2,1-3H3/q+1. The summed E-state index contributed by atoms with van der Waals surface area (Å²) in [7, 11) is 0. The molecule has 0 aliphatic rings. The van der Waals surface area contributed by atoms with Crippen molar-refractivity contribution in [3.8, 4) is 0 Å². The minimum Gasteiger partial charge on any atom is -0.234 e. The summed E-state index contributed by atoms with van der Waals surface area (Å²) in [4.78, 5) is 0. The number of imidazole rings is 1. The zero-order valence-corrected chi connectivity index (χ0v) is 13.0. The Morgan fingerprint density at radius 1 is 1.10 bits per heavy atom. The summed E-state index contributed by atoms with van der Waals surface area (Å²) in [6.07, 6.45) is 9.21. The van der Waals surface area contributed by atoms with E-state index in [0.29, 0.717) is 6.04 Å². The Kier molecular flexibility index (Phi) is 5.40. The van der Waals surface area contributed by atoms with E-state index < -0.39 is 0 Å². The van der Waals surface area contributed by atoms with Crippen LogP contribution in [0.2, 0.25) is 0 Å². The van der Waals surface area contributed by atoms with E-state index in [9.17, 15) is 0 Å². The number of rotatable bonds is 7.